The Kier molecular flexibility index (Phi) is 10.1. The lowest BCUT2D eigenvalue weighted by atomic mass is 9.90. The molecule has 1 unspecified atom stereocenters. The molecule has 0 spiro atoms. The molecule has 102 valence electrons. The van der Waals surface area contributed by atoms with Crippen LogP contribution in [0.2, 0.25) is 0 Å². The molecule has 0 nitrogen and oxygen atoms in total. The van der Waals surface area contributed by atoms with Crippen molar-refractivity contribution in [3.8, 4) is 0 Å². The van der Waals surface area contributed by atoms with Crippen molar-refractivity contribution < 1.29 is 1.43 Å². The van der Waals surface area contributed by atoms with Crippen molar-refractivity contribution in [3.05, 3.63) is 53.8 Å². The van der Waals surface area contributed by atoms with Gasteiger partial charge in [-0.3, -0.25) is 0 Å². The van der Waals surface area contributed by atoms with Crippen LogP contribution in [0.5, 0.6) is 0 Å². The molecule has 0 N–H and O–H groups in total. The zero-order chi connectivity index (χ0) is 13.8. The summed E-state index contributed by atoms with van der Waals surface area (Å²) < 4.78 is 0. The van der Waals surface area contributed by atoms with Crippen LogP contribution in [0.25, 0.3) is 0 Å². The van der Waals surface area contributed by atoms with Crippen LogP contribution in [-0.4, -0.2) is 0 Å². The fourth-order valence-corrected chi connectivity index (χ4v) is 2.06. The van der Waals surface area contributed by atoms with Gasteiger partial charge in [-0.15, -0.1) is 5.73 Å². The Hall–Kier alpha value is -1.26. The second kappa shape index (κ2) is 10.9. The summed E-state index contributed by atoms with van der Waals surface area (Å²) in [5.41, 5.74) is 5.80. The van der Waals surface area contributed by atoms with Crippen LogP contribution in [0.4, 0.5) is 0 Å². The summed E-state index contributed by atoms with van der Waals surface area (Å²) in [4.78, 5) is 0. The highest BCUT2D eigenvalue weighted by atomic mass is 14.1. The highest BCUT2D eigenvalue weighted by Crippen LogP contribution is 2.21. The molecule has 1 rings (SSSR count). The van der Waals surface area contributed by atoms with E-state index in [1.54, 1.807) is 0 Å². The van der Waals surface area contributed by atoms with Gasteiger partial charge in [0.05, 0.1) is 0 Å². The molecule has 0 aromatic heterocycles. The number of hydrogen-bond donors (Lipinski definition) is 0. The van der Waals surface area contributed by atoms with Gasteiger partial charge >= 0.3 is 0 Å². The third-order valence-electron chi connectivity index (χ3n) is 3.15. The summed E-state index contributed by atoms with van der Waals surface area (Å²) in [6.45, 7) is 12.1. The molecule has 0 aliphatic heterocycles. The molecule has 0 bridgehead atoms. The number of benzene rings is 1. The second-order valence-electron chi connectivity index (χ2n) is 4.37. The lowest BCUT2D eigenvalue weighted by Crippen LogP contribution is -2.03. The Morgan fingerprint density at radius 3 is 2.33 bits per heavy atom. The van der Waals surface area contributed by atoms with E-state index in [0.29, 0.717) is 5.92 Å². The fraction of sp³-hybridized carbons (Fsp3) is 0.500. The molecule has 1 atom stereocenters. The number of aryl methyl sites for hydroxylation is 1. The number of allylic oxidation sites excluding steroid dienone is 1. The lowest BCUT2D eigenvalue weighted by Gasteiger charge is -2.15. The fourth-order valence-electron chi connectivity index (χ4n) is 2.06. The quantitative estimate of drug-likeness (QED) is 0.537. The molecule has 0 saturated heterocycles. The first-order valence-corrected chi connectivity index (χ1v) is 7.18. The van der Waals surface area contributed by atoms with Crippen LogP contribution in [0.1, 0.15) is 53.9 Å². The molecule has 0 aliphatic carbocycles. The van der Waals surface area contributed by atoms with Gasteiger partial charge in [0, 0.05) is 1.43 Å². The van der Waals surface area contributed by atoms with E-state index in [9.17, 15) is 0 Å². The van der Waals surface area contributed by atoms with Gasteiger partial charge in [0.25, 0.3) is 0 Å². The minimum absolute atomic E-state index is 0. The first kappa shape index (κ1) is 16.7. The summed E-state index contributed by atoms with van der Waals surface area (Å²) in [7, 11) is 0. The van der Waals surface area contributed by atoms with Crippen LogP contribution >= 0.6 is 0 Å². The topological polar surface area (TPSA) is 0 Å². The zero-order valence-corrected chi connectivity index (χ0v) is 12.5. The van der Waals surface area contributed by atoms with Gasteiger partial charge in [0.2, 0.25) is 0 Å². The summed E-state index contributed by atoms with van der Waals surface area (Å²) in [5.74, 6) is 0.655. The number of rotatable bonds is 6. The van der Waals surface area contributed by atoms with E-state index in [4.69, 9.17) is 0 Å². The number of hydrogen-bond acceptors (Lipinski definition) is 0. The van der Waals surface area contributed by atoms with Crippen LogP contribution in [0.15, 0.2) is 48.2 Å². The predicted molar refractivity (Wildman–Crippen MR) is 85.0 cm³/mol. The van der Waals surface area contributed by atoms with Crippen LogP contribution < -0.4 is 0 Å². The van der Waals surface area contributed by atoms with Crippen LogP contribution in [0.3, 0.4) is 0 Å². The Labute approximate surface area is 115 Å². The maximum Gasteiger partial charge on any atom is 0 e. The average molecular weight is 246 g/mol. The molecule has 18 heavy (non-hydrogen) atoms. The molecule has 0 saturated carbocycles. The van der Waals surface area contributed by atoms with E-state index in [0.717, 1.165) is 6.42 Å². The maximum absolute atomic E-state index is 3.76. The highest BCUT2D eigenvalue weighted by Gasteiger charge is 2.09. The maximum atomic E-state index is 3.76. The Bertz CT molecular complexity index is 347. The van der Waals surface area contributed by atoms with Gasteiger partial charge in [0.1, 0.15) is 0 Å². The predicted octanol–water partition coefficient (Wildman–Crippen LogP) is 6.04. The molecule has 1 aromatic carbocycles. The van der Waals surface area contributed by atoms with E-state index in [2.05, 4.69) is 56.5 Å². The first-order valence-electron chi connectivity index (χ1n) is 7.18. The summed E-state index contributed by atoms with van der Waals surface area (Å²) in [5, 5.41) is 0. The summed E-state index contributed by atoms with van der Waals surface area (Å²) >= 11 is 0. The molecule has 0 aliphatic rings. The van der Waals surface area contributed by atoms with Crippen molar-refractivity contribution in [1.29, 1.82) is 0 Å². The molecule has 0 heterocycles. The third-order valence-corrected chi connectivity index (χ3v) is 3.15. The first-order chi connectivity index (χ1) is 8.77. The molecule has 0 radical (unpaired) electrons. The molecule has 1 aromatic rings. The van der Waals surface area contributed by atoms with Crippen LogP contribution in [-0.2, 0) is 6.42 Å². The highest BCUT2D eigenvalue weighted by molar-refractivity contribution is 5.15. The second-order valence-corrected chi connectivity index (χ2v) is 4.37. The molecule has 0 amide bonds. The summed E-state index contributed by atoms with van der Waals surface area (Å²) in [6, 6.07) is 10.7. The largest absolute Gasteiger partial charge is 0.130 e. The van der Waals surface area contributed by atoms with Crippen molar-refractivity contribution in [3.63, 3.8) is 0 Å². The minimum atomic E-state index is 0. The van der Waals surface area contributed by atoms with Crippen LogP contribution in [0, 0.1) is 5.92 Å². The molecule has 0 fully saturated rings. The Morgan fingerprint density at radius 1 is 1.22 bits per heavy atom. The van der Waals surface area contributed by atoms with Gasteiger partial charge in [-0.2, -0.15) is 0 Å². The Balaban J connectivity index is 0. The van der Waals surface area contributed by atoms with Crippen molar-refractivity contribution in [2.45, 2.75) is 53.4 Å². The zero-order valence-electron chi connectivity index (χ0n) is 12.5. The standard InChI is InChI=1S/C16H22.C2H6.H2/c1-4-9-16(14(3)5-2)13-12-15-10-7-6-8-11-15;1-2;/h6-8,10-11,16H,2,4,9,12-13H2,1,3H3;1-2H3;1H. The summed E-state index contributed by atoms with van der Waals surface area (Å²) in [6.07, 6.45) is 4.86. The average Bonchev–Trinajstić information content (AvgIpc) is 2.46. The molecular formula is C18H30. The minimum Gasteiger partial charge on any atom is -0.130 e. The van der Waals surface area contributed by atoms with Crippen molar-refractivity contribution in [2.24, 2.45) is 5.92 Å². The third kappa shape index (κ3) is 6.47. The lowest BCUT2D eigenvalue weighted by molar-refractivity contribution is 0.511. The SMILES string of the molecule is C=C=C(C)C(CCC)CCc1ccccc1.CC.[HH]. The van der Waals surface area contributed by atoms with E-state index in [1.165, 1.54) is 30.4 Å². The van der Waals surface area contributed by atoms with Gasteiger partial charge in [-0.1, -0.05) is 64.1 Å². The monoisotopic (exact) mass is 246 g/mol. The molecule has 0 heteroatoms. The smallest absolute Gasteiger partial charge is 0 e. The van der Waals surface area contributed by atoms with Gasteiger partial charge < -0.3 is 0 Å². The van der Waals surface area contributed by atoms with Crippen molar-refractivity contribution >= 4 is 0 Å². The van der Waals surface area contributed by atoms with Crippen molar-refractivity contribution in [1.82, 2.24) is 0 Å². The normalized spacial score (nSPS) is 10.9. The van der Waals surface area contributed by atoms with E-state index in [-0.39, 0.29) is 1.43 Å². The van der Waals surface area contributed by atoms with Gasteiger partial charge in [-0.25, -0.2) is 0 Å². The van der Waals surface area contributed by atoms with E-state index in [1.807, 2.05) is 13.8 Å². The van der Waals surface area contributed by atoms with Gasteiger partial charge in [0.15, 0.2) is 0 Å². The molecular weight excluding hydrogens is 216 g/mol. The van der Waals surface area contributed by atoms with Gasteiger partial charge in [-0.05, 0) is 43.2 Å². The van der Waals surface area contributed by atoms with Crippen molar-refractivity contribution in [2.75, 3.05) is 0 Å². The van der Waals surface area contributed by atoms with E-state index >= 15 is 0 Å². The Morgan fingerprint density at radius 2 is 1.83 bits per heavy atom. The van der Waals surface area contributed by atoms with E-state index < -0.39 is 0 Å².